The summed E-state index contributed by atoms with van der Waals surface area (Å²) in [5.74, 6) is 0.117. The molecule has 4 nitrogen and oxygen atoms in total. The van der Waals surface area contributed by atoms with Crippen molar-refractivity contribution in [2.75, 3.05) is 37.8 Å². The fourth-order valence-electron chi connectivity index (χ4n) is 2.47. The minimum Gasteiger partial charge on any atom is -0.394 e. The normalized spacial score (nSPS) is 14.3. The van der Waals surface area contributed by atoms with Crippen LogP contribution >= 0.6 is 0 Å². The van der Waals surface area contributed by atoms with Gasteiger partial charge >= 0.3 is 0 Å². The number of aliphatic hydroxyl groups excluding tert-OH is 1. The average Bonchev–Trinajstić information content (AvgIpc) is 2.43. The second-order valence-electron chi connectivity index (χ2n) is 4.83. The van der Waals surface area contributed by atoms with E-state index in [0.29, 0.717) is 13.2 Å². The summed E-state index contributed by atoms with van der Waals surface area (Å²) in [5, 5.41) is 8.67. The van der Waals surface area contributed by atoms with Crippen molar-refractivity contribution >= 4 is 11.5 Å². The fourth-order valence-corrected chi connectivity index (χ4v) is 2.47. The van der Waals surface area contributed by atoms with Gasteiger partial charge in [0.15, 0.2) is 5.78 Å². The first-order chi connectivity index (χ1) is 9.22. The Morgan fingerprint density at radius 2 is 2.26 bits per heavy atom. The van der Waals surface area contributed by atoms with Crippen molar-refractivity contribution in [2.24, 2.45) is 0 Å². The molecule has 0 aliphatic carbocycles. The van der Waals surface area contributed by atoms with Crippen molar-refractivity contribution in [3.05, 3.63) is 29.3 Å². The number of ether oxygens (including phenoxy) is 1. The van der Waals surface area contributed by atoms with Crippen LogP contribution in [0.3, 0.4) is 0 Å². The maximum atomic E-state index is 11.4. The number of anilines is 1. The van der Waals surface area contributed by atoms with E-state index in [1.54, 1.807) is 6.92 Å². The summed E-state index contributed by atoms with van der Waals surface area (Å²) >= 11 is 0. The maximum Gasteiger partial charge on any atom is 0.159 e. The van der Waals surface area contributed by atoms with Crippen molar-refractivity contribution in [3.8, 4) is 0 Å². The minimum atomic E-state index is 0.0680. The number of nitrogens with zero attached hydrogens (tertiary/aromatic N) is 1. The molecule has 0 aromatic heterocycles. The molecule has 19 heavy (non-hydrogen) atoms. The van der Waals surface area contributed by atoms with Crippen LogP contribution in [0.4, 0.5) is 5.69 Å². The predicted octanol–water partition coefficient (Wildman–Crippen LogP) is 1.65. The van der Waals surface area contributed by atoms with Crippen molar-refractivity contribution in [1.82, 2.24) is 0 Å². The number of carbonyl (C=O) groups excluding carboxylic acids is 1. The van der Waals surface area contributed by atoms with E-state index in [9.17, 15) is 4.79 Å². The maximum absolute atomic E-state index is 11.4. The molecule has 104 valence electrons. The molecule has 0 radical (unpaired) electrons. The molecule has 1 N–H and O–H groups in total. The molecule has 4 heteroatoms. The topological polar surface area (TPSA) is 49.8 Å². The Bertz CT molecular complexity index is 445. The molecular weight excluding hydrogens is 242 g/mol. The highest BCUT2D eigenvalue weighted by Crippen LogP contribution is 2.27. The Kier molecular flexibility index (Phi) is 4.93. The van der Waals surface area contributed by atoms with Crippen molar-refractivity contribution in [3.63, 3.8) is 0 Å². The number of hydrogen-bond acceptors (Lipinski definition) is 4. The molecule has 1 aliphatic rings. The molecule has 0 unspecified atom stereocenters. The third-order valence-electron chi connectivity index (χ3n) is 3.44. The van der Waals surface area contributed by atoms with E-state index in [1.165, 1.54) is 11.3 Å². The third-order valence-corrected chi connectivity index (χ3v) is 3.44. The molecule has 0 amide bonds. The molecule has 1 aromatic carbocycles. The molecule has 0 saturated heterocycles. The van der Waals surface area contributed by atoms with Gasteiger partial charge < -0.3 is 14.7 Å². The highest BCUT2D eigenvalue weighted by atomic mass is 16.5. The number of rotatable bonds is 6. The number of fused-ring (bicyclic) bond motifs is 1. The van der Waals surface area contributed by atoms with Gasteiger partial charge in [0.1, 0.15) is 0 Å². The summed E-state index contributed by atoms with van der Waals surface area (Å²) in [6.45, 7) is 4.53. The summed E-state index contributed by atoms with van der Waals surface area (Å²) < 4.78 is 5.32. The molecule has 1 aliphatic heterocycles. The van der Waals surface area contributed by atoms with Crippen LogP contribution in [0.1, 0.15) is 29.3 Å². The number of ketones is 1. The SMILES string of the molecule is CC(=O)c1ccc2c(c1)CCCN2CCOCCO. The fraction of sp³-hybridized carbons (Fsp3) is 0.533. The van der Waals surface area contributed by atoms with Crippen LogP contribution in [0, 0.1) is 0 Å². The van der Waals surface area contributed by atoms with E-state index >= 15 is 0 Å². The second kappa shape index (κ2) is 6.68. The van der Waals surface area contributed by atoms with E-state index in [2.05, 4.69) is 4.90 Å². The lowest BCUT2D eigenvalue weighted by atomic mass is 9.98. The standard InChI is InChI=1S/C15H21NO3/c1-12(18)13-4-5-15-14(11-13)3-2-6-16(15)7-9-19-10-8-17/h4-5,11,17H,2-3,6-10H2,1H3. The highest BCUT2D eigenvalue weighted by Gasteiger charge is 2.17. The van der Waals surface area contributed by atoms with Gasteiger partial charge in [0.2, 0.25) is 0 Å². The molecule has 0 fully saturated rings. The summed E-state index contributed by atoms with van der Waals surface area (Å²) in [4.78, 5) is 13.7. The lowest BCUT2D eigenvalue weighted by Crippen LogP contribution is -2.32. The number of benzene rings is 1. The number of hydrogen-bond donors (Lipinski definition) is 1. The van der Waals surface area contributed by atoms with E-state index in [4.69, 9.17) is 9.84 Å². The van der Waals surface area contributed by atoms with E-state index in [0.717, 1.165) is 31.5 Å². The van der Waals surface area contributed by atoms with Crippen LogP contribution in [0.15, 0.2) is 18.2 Å². The molecule has 1 heterocycles. The largest absolute Gasteiger partial charge is 0.394 e. The summed E-state index contributed by atoms with van der Waals surface area (Å²) in [6, 6.07) is 5.95. The van der Waals surface area contributed by atoms with Crippen LogP contribution in [-0.2, 0) is 11.2 Å². The number of carbonyl (C=O) groups is 1. The van der Waals surface area contributed by atoms with Gasteiger partial charge in [-0.2, -0.15) is 0 Å². The van der Waals surface area contributed by atoms with Gasteiger partial charge in [-0.3, -0.25) is 4.79 Å². The quantitative estimate of drug-likeness (QED) is 0.626. The summed E-state index contributed by atoms with van der Waals surface area (Å²) in [6.07, 6.45) is 2.14. The minimum absolute atomic E-state index is 0.0680. The van der Waals surface area contributed by atoms with Gasteiger partial charge in [-0.05, 0) is 43.5 Å². The Labute approximate surface area is 114 Å². The van der Waals surface area contributed by atoms with Crippen LogP contribution in [-0.4, -0.2) is 43.8 Å². The van der Waals surface area contributed by atoms with Crippen LogP contribution in [0.2, 0.25) is 0 Å². The number of Topliss-reactive ketones (excluding diaryl/α,β-unsaturated/α-hetero) is 1. The summed E-state index contributed by atoms with van der Waals surface area (Å²) in [7, 11) is 0. The van der Waals surface area contributed by atoms with Crippen LogP contribution in [0.5, 0.6) is 0 Å². The molecular formula is C15H21NO3. The van der Waals surface area contributed by atoms with Crippen molar-refractivity contribution in [1.29, 1.82) is 0 Å². The smallest absolute Gasteiger partial charge is 0.159 e. The molecule has 1 aromatic rings. The monoisotopic (exact) mass is 263 g/mol. The zero-order valence-electron chi connectivity index (χ0n) is 11.4. The number of aryl methyl sites for hydroxylation is 1. The van der Waals surface area contributed by atoms with Crippen LogP contribution in [0.25, 0.3) is 0 Å². The molecule has 0 atom stereocenters. The van der Waals surface area contributed by atoms with Gasteiger partial charge in [0.25, 0.3) is 0 Å². The summed E-state index contributed by atoms with van der Waals surface area (Å²) in [5.41, 5.74) is 3.25. The first-order valence-electron chi connectivity index (χ1n) is 6.80. The molecule has 0 bridgehead atoms. The van der Waals surface area contributed by atoms with E-state index in [1.807, 2.05) is 18.2 Å². The van der Waals surface area contributed by atoms with Gasteiger partial charge in [-0.25, -0.2) is 0 Å². The molecule has 2 rings (SSSR count). The number of aliphatic hydroxyl groups is 1. The second-order valence-corrected chi connectivity index (χ2v) is 4.83. The zero-order valence-corrected chi connectivity index (χ0v) is 11.4. The van der Waals surface area contributed by atoms with Crippen molar-refractivity contribution < 1.29 is 14.6 Å². The Hall–Kier alpha value is -1.39. The van der Waals surface area contributed by atoms with Gasteiger partial charge in [0.05, 0.1) is 19.8 Å². The van der Waals surface area contributed by atoms with Gasteiger partial charge in [-0.15, -0.1) is 0 Å². The van der Waals surface area contributed by atoms with E-state index in [-0.39, 0.29) is 12.4 Å². The molecule has 0 spiro atoms. The lowest BCUT2D eigenvalue weighted by molar-refractivity contribution is 0.0965. The Morgan fingerprint density at radius 3 is 3.00 bits per heavy atom. The third kappa shape index (κ3) is 3.55. The Morgan fingerprint density at radius 1 is 1.42 bits per heavy atom. The first kappa shape index (κ1) is 14.0. The first-order valence-corrected chi connectivity index (χ1v) is 6.80. The van der Waals surface area contributed by atoms with Crippen LogP contribution < -0.4 is 4.90 Å². The van der Waals surface area contributed by atoms with Gasteiger partial charge in [0, 0.05) is 24.3 Å². The average molecular weight is 263 g/mol. The predicted molar refractivity (Wildman–Crippen MR) is 74.9 cm³/mol. The highest BCUT2D eigenvalue weighted by molar-refractivity contribution is 5.94. The molecule has 0 saturated carbocycles. The van der Waals surface area contributed by atoms with Gasteiger partial charge in [-0.1, -0.05) is 0 Å². The Balaban J connectivity index is 2.04. The van der Waals surface area contributed by atoms with E-state index < -0.39 is 0 Å². The lowest BCUT2D eigenvalue weighted by Gasteiger charge is -2.31. The van der Waals surface area contributed by atoms with Crippen molar-refractivity contribution in [2.45, 2.75) is 19.8 Å². The zero-order chi connectivity index (χ0) is 13.7.